The Morgan fingerprint density at radius 1 is 0.960 bits per heavy atom. The van der Waals surface area contributed by atoms with Gasteiger partial charge in [0.1, 0.15) is 17.5 Å². The third kappa shape index (κ3) is 2.94. The number of halogens is 1. The summed E-state index contributed by atoms with van der Waals surface area (Å²) < 4.78 is 7.71. The van der Waals surface area contributed by atoms with Crippen molar-refractivity contribution in [2.45, 2.75) is 13.8 Å². The molecular weight excluding hydrogens is 336 g/mol. The first-order chi connectivity index (χ1) is 12.1. The molecule has 2 aromatic heterocycles. The van der Waals surface area contributed by atoms with Crippen molar-refractivity contribution in [1.82, 2.24) is 19.7 Å². The van der Waals surface area contributed by atoms with Gasteiger partial charge in [-0.25, -0.2) is 14.6 Å². The summed E-state index contributed by atoms with van der Waals surface area (Å²) in [5.41, 5.74) is 3.93. The molecule has 2 aromatic carbocycles. The number of hydrogen-bond acceptors (Lipinski definition) is 4. The molecule has 6 heteroatoms. The van der Waals surface area contributed by atoms with Crippen molar-refractivity contribution in [3.8, 4) is 17.3 Å². The molecule has 0 N–H and O–H groups in total. The summed E-state index contributed by atoms with van der Waals surface area (Å²) >= 11 is 5.96. The van der Waals surface area contributed by atoms with Gasteiger partial charge in [0.15, 0.2) is 5.65 Å². The van der Waals surface area contributed by atoms with Gasteiger partial charge in [0.25, 0.3) is 0 Å². The van der Waals surface area contributed by atoms with E-state index in [9.17, 15) is 0 Å². The minimum atomic E-state index is 0.480. The van der Waals surface area contributed by atoms with Crippen LogP contribution in [0.2, 0.25) is 5.02 Å². The largest absolute Gasteiger partial charge is 0.438 e. The second-order valence-electron chi connectivity index (χ2n) is 5.80. The Morgan fingerprint density at radius 3 is 2.52 bits per heavy atom. The predicted octanol–water partition coefficient (Wildman–Crippen LogP) is 4.88. The minimum Gasteiger partial charge on any atom is -0.438 e. The molecule has 124 valence electrons. The number of hydrogen-bond donors (Lipinski definition) is 0. The van der Waals surface area contributed by atoms with E-state index in [0.29, 0.717) is 16.5 Å². The first kappa shape index (κ1) is 15.6. The highest BCUT2D eigenvalue weighted by atomic mass is 35.5. The lowest BCUT2D eigenvalue weighted by atomic mass is 10.1. The van der Waals surface area contributed by atoms with Gasteiger partial charge in [-0.2, -0.15) is 5.10 Å². The van der Waals surface area contributed by atoms with E-state index in [0.717, 1.165) is 16.8 Å². The molecule has 0 fully saturated rings. The molecular formula is C19H15ClN4O. The Balaban J connectivity index is 1.76. The van der Waals surface area contributed by atoms with Gasteiger partial charge >= 0.3 is 0 Å². The molecule has 4 rings (SSSR count). The van der Waals surface area contributed by atoms with Crippen LogP contribution >= 0.6 is 11.6 Å². The zero-order valence-corrected chi connectivity index (χ0v) is 14.5. The third-order valence-electron chi connectivity index (χ3n) is 4.09. The first-order valence-electron chi connectivity index (χ1n) is 7.81. The number of nitrogens with zero attached hydrogens (tertiary/aromatic N) is 4. The average molecular weight is 351 g/mol. The van der Waals surface area contributed by atoms with Gasteiger partial charge in [-0.1, -0.05) is 17.7 Å². The van der Waals surface area contributed by atoms with Gasteiger partial charge < -0.3 is 4.74 Å². The summed E-state index contributed by atoms with van der Waals surface area (Å²) in [5.74, 6) is 1.22. The quantitative estimate of drug-likeness (QED) is 0.528. The first-order valence-corrected chi connectivity index (χ1v) is 8.19. The van der Waals surface area contributed by atoms with Crippen LogP contribution in [0.3, 0.4) is 0 Å². The summed E-state index contributed by atoms with van der Waals surface area (Å²) in [6.07, 6.45) is 3.19. The highest BCUT2D eigenvalue weighted by molar-refractivity contribution is 6.30. The van der Waals surface area contributed by atoms with Gasteiger partial charge in [-0.3, -0.25) is 0 Å². The molecule has 5 nitrogen and oxygen atoms in total. The summed E-state index contributed by atoms with van der Waals surface area (Å²) in [4.78, 5) is 8.62. The maximum Gasteiger partial charge on any atom is 0.233 e. The molecule has 0 spiro atoms. The van der Waals surface area contributed by atoms with Crippen LogP contribution in [-0.4, -0.2) is 19.7 Å². The fraction of sp³-hybridized carbons (Fsp3) is 0.105. The zero-order valence-electron chi connectivity index (χ0n) is 13.8. The number of ether oxygens (including phenoxy) is 1. The summed E-state index contributed by atoms with van der Waals surface area (Å²) in [6.45, 7) is 4.12. The number of rotatable bonds is 3. The molecule has 0 aliphatic rings. The van der Waals surface area contributed by atoms with E-state index >= 15 is 0 Å². The Kier molecular flexibility index (Phi) is 3.86. The highest BCUT2D eigenvalue weighted by Gasteiger charge is 2.13. The molecule has 0 radical (unpaired) electrons. The molecule has 0 saturated heterocycles. The zero-order chi connectivity index (χ0) is 17.4. The maximum absolute atomic E-state index is 5.97. The van der Waals surface area contributed by atoms with E-state index in [1.807, 2.05) is 42.5 Å². The lowest BCUT2D eigenvalue weighted by Crippen LogP contribution is -1.98. The number of aryl methyl sites for hydroxylation is 2. The molecule has 0 unspecified atom stereocenters. The molecule has 4 aromatic rings. The van der Waals surface area contributed by atoms with Gasteiger partial charge in [-0.05, 0) is 61.4 Å². The Bertz CT molecular complexity index is 1060. The van der Waals surface area contributed by atoms with E-state index in [2.05, 4.69) is 28.9 Å². The van der Waals surface area contributed by atoms with E-state index in [4.69, 9.17) is 16.3 Å². The second kappa shape index (κ2) is 6.18. The number of fused-ring (bicyclic) bond motifs is 1. The van der Waals surface area contributed by atoms with Crippen molar-refractivity contribution >= 4 is 22.6 Å². The summed E-state index contributed by atoms with van der Waals surface area (Å²) in [6, 6.07) is 13.4. The lowest BCUT2D eigenvalue weighted by molar-refractivity contribution is 0.467. The van der Waals surface area contributed by atoms with E-state index in [1.54, 1.807) is 10.9 Å². The molecule has 0 aliphatic heterocycles. The van der Waals surface area contributed by atoms with Gasteiger partial charge in [0, 0.05) is 5.02 Å². The second-order valence-corrected chi connectivity index (χ2v) is 6.23. The fourth-order valence-corrected chi connectivity index (χ4v) is 2.69. The van der Waals surface area contributed by atoms with Gasteiger partial charge in [-0.15, -0.1) is 0 Å². The summed E-state index contributed by atoms with van der Waals surface area (Å²) in [5, 5.41) is 5.84. The van der Waals surface area contributed by atoms with E-state index < -0.39 is 0 Å². The number of aromatic nitrogens is 4. The van der Waals surface area contributed by atoms with Crippen LogP contribution in [0.15, 0.2) is 55.0 Å². The highest BCUT2D eigenvalue weighted by Crippen LogP contribution is 2.28. The van der Waals surface area contributed by atoms with Gasteiger partial charge in [0.05, 0.1) is 11.9 Å². The lowest BCUT2D eigenvalue weighted by Gasteiger charge is -2.08. The fourth-order valence-electron chi connectivity index (χ4n) is 2.56. The average Bonchev–Trinajstić information content (AvgIpc) is 3.04. The third-order valence-corrected chi connectivity index (χ3v) is 4.35. The Morgan fingerprint density at radius 2 is 1.76 bits per heavy atom. The van der Waals surface area contributed by atoms with Crippen LogP contribution in [-0.2, 0) is 0 Å². The molecule has 0 saturated carbocycles. The molecule has 0 aliphatic carbocycles. The number of benzene rings is 2. The molecule has 0 amide bonds. The Hall–Kier alpha value is -2.92. The molecule has 0 bridgehead atoms. The monoisotopic (exact) mass is 350 g/mol. The summed E-state index contributed by atoms with van der Waals surface area (Å²) in [7, 11) is 0. The molecule has 0 atom stereocenters. The van der Waals surface area contributed by atoms with Crippen LogP contribution in [0.4, 0.5) is 0 Å². The van der Waals surface area contributed by atoms with E-state index in [-0.39, 0.29) is 0 Å². The SMILES string of the molecule is Cc1ccc(Oc2ncnc3c2cnn3-c2ccc(Cl)cc2)cc1C. The van der Waals surface area contributed by atoms with Crippen LogP contribution in [0.1, 0.15) is 11.1 Å². The molecule has 2 heterocycles. The van der Waals surface area contributed by atoms with Crippen molar-refractivity contribution in [3.05, 3.63) is 71.1 Å². The Labute approximate surface area is 149 Å². The van der Waals surface area contributed by atoms with Crippen molar-refractivity contribution in [2.24, 2.45) is 0 Å². The van der Waals surface area contributed by atoms with Crippen molar-refractivity contribution < 1.29 is 4.74 Å². The maximum atomic E-state index is 5.97. The topological polar surface area (TPSA) is 52.8 Å². The van der Waals surface area contributed by atoms with E-state index in [1.165, 1.54) is 17.5 Å². The molecule has 25 heavy (non-hydrogen) atoms. The van der Waals surface area contributed by atoms with Crippen LogP contribution in [0.5, 0.6) is 11.6 Å². The van der Waals surface area contributed by atoms with Crippen LogP contribution in [0.25, 0.3) is 16.7 Å². The van der Waals surface area contributed by atoms with Crippen LogP contribution in [0, 0.1) is 13.8 Å². The van der Waals surface area contributed by atoms with Crippen LogP contribution < -0.4 is 4.74 Å². The standard InChI is InChI=1S/C19H15ClN4O/c1-12-3-8-16(9-13(12)2)25-19-17-10-23-24(18(17)21-11-22-19)15-6-4-14(20)5-7-15/h3-11H,1-2H3. The minimum absolute atomic E-state index is 0.480. The van der Waals surface area contributed by atoms with Crippen molar-refractivity contribution in [1.29, 1.82) is 0 Å². The van der Waals surface area contributed by atoms with Crippen molar-refractivity contribution in [2.75, 3.05) is 0 Å². The van der Waals surface area contributed by atoms with Gasteiger partial charge in [0.2, 0.25) is 5.88 Å². The smallest absolute Gasteiger partial charge is 0.233 e. The normalized spacial score (nSPS) is 11.0. The van der Waals surface area contributed by atoms with Crippen molar-refractivity contribution in [3.63, 3.8) is 0 Å². The predicted molar refractivity (Wildman–Crippen MR) is 97.7 cm³/mol.